The van der Waals surface area contributed by atoms with Crippen molar-refractivity contribution >= 4 is 33.2 Å². The van der Waals surface area contributed by atoms with Gasteiger partial charge in [0.25, 0.3) is 0 Å². The number of amides is 1. The van der Waals surface area contributed by atoms with Crippen LogP contribution in [-0.4, -0.2) is 50.2 Å². The summed E-state index contributed by atoms with van der Waals surface area (Å²) in [5, 5.41) is -0.369. The first-order chi connectivity index (χ1) is 9.73. The minimum absolute atomic E-state index is 0.0400. The molecule has 0 aromatic heterocycles. The summed E-state index contributed by atoms with van der Waals surface area (Å²) in [5.74, 6) is -1.40. The van der Waals surface area contributed by atoms with Gasteiger partial charge in [-0.3, -0.25) is 4.79 Å². The molecule has 0 radical (unpaired) electrons. The van der Waals surface area contributed by atoms with E-state index in [1.54, 1.807) is 7.05 Å². The van der Waals surface area contributed by atoms with Gasteiger partial charge in [0.2, 0.25) is 15.9 Å². The number of nitrogens with zero attached hydrogens (tertiary/aromatic N) is 2. The van der Waals surface area contributed by atoms with E-state index in [4.69, 9.17) is 17.3 Å². The zero-order valence-electron chi connectivity index (χ0n) is 11.3. The van der Waals surface area contributed by atoms with Gasteiger partial charge in [-0.1, -0.05) is 11.6 Å². The quantitative estimate of drug-likeness (QED) is 0.814. The molecule has 1 saturated heterocycles. The van der Waals surface area contributed by atoms with Crippen molar-refractivity contribution in [1.82, 2.24) is 9.21 Å². The summed E-state index contributed by atoms with van der Waals surface area (Å²) >= 11 is 5.64. The SMILES string of the molecule is CN1CCCN(S(=O)(=O)c2cc(N)cc(Cl)c2F)CC1=O. The van der Waals surface area contributed by atoms with Gasteiger partial charge in [0, 0.05) is 25.8 Å². The normalized spacial score (nSPS) is 17.9. The second kappa shape index (κ2) is 5.78. The molecule has 2 rings (SSSR count). The number of rotatable bonds is 2. The average Bonchev–Trinajstić information content (AvgIpc) is 2.56. The Balaban J connectivity index is 2.45. The Morgan fingerprint density at radius 2 is 2.00 bits per heavy atom. The van der Waals surface area contributed by atoms with E-state index in [1.165, 1.54) is 4.90 Å². The third kappa shape index (κ3) is 3.12. The number of benzene rings is 1. The van der Waals surface area contributed by atoms with Gasteiger partial charge in [-0.2, -0.15) is 4.31 Å². The van der Waals surface area contributed by atoms with Crippen molar-refractivity contribution in [2.24, 2.45) is 0 Å². The number of likely N-dealkylation sites (N-methyl/N-ethyl adjacent to an activating group) is 1. The lowest BCUT2D eigenvalue weighted by Crippen LogP contribution is -2.38. The molecule has 1 aromatic rings. The van der Waals surface area contributed by atoms with Gasteiger partial charge in [0.1, 0.15) is 4.90 Å². The lowest BCUT2D eigenvalue weighted by molar-refractivity contribution is -0.129. The van der Waals surface area contributed by atoms with Crippen LogP contribution in [0.2, 0.25) is 5.02 Å². The van der Waals surface area contributed by atoms with E-state index in [2.05, 4.69) is 0 Å². The molecule has 0 saturated carbocycles. The van der Waals surface area contributed by atoms with Crippen molar-refractivity contribution in [3.63, 3.8) is 0 Å². The molecule has 116 valence electrons. The number of nitrogen functional groups attached to an aromatic ring is 1. The molecule has 0 aliphatic carbocycles. The van der Waals surface area contributed by atoms with E-state index in [9.17, 15) is 17.6 Å². The van der Waals surface area contributed by atoms with Crippen molar-refractivity contribution in [1.29, 1.82) is 0 Å². The summed E-state index contributed by atoms with van der Waals surface area (Å²) in [6.45, 7) is 0.250. The van der Waals surface area contributed by atoms with Crippen molar-refractivity contribution in [3.05, 3.63) is 23.0 Å². The fourth-order valence-electron chi connectivity index (χ4n) is 2.08. The Bertz CT molecular complexity index is 681. The highest BCUT2D eigenvalue weighted by atomic mass is 35.5. The number of halogens is 2. The third-order valence-electron chi connectivity index (χ3n) is 3.27. The minimum Gasteiger partial charge on any atom is -0.399 e. The van der Waals surface area contributed by atoms with Crippen LogP contribution in [0.5, 0.6) is 0 Å². The molecule has 0 unspecified atom stereocenters. The summed E-state index contributed by atoms with van der Waals surface area (Å²) in [7, 11) is -2.58. The van der Waals surface area contributed by atoms with E-state index < -0.39 is 20.7 Å². The molecule has 2 N–H and O–H groups in total. The number of hydrogen-bond acceptors (Lipinski definition) is 4. The number of anilines is 1. The molecule has 6 nitrogen and oxygen atoms in total. The molecule has 9 heteroatoms. The van der Waals surface area contributed by atoms with Gasteiger partial charge in [0.15, 0.2) is 5.82 Å². The van der Waals surface area contributed by atoms with Gasteiger partial charge in [-0.15, -0.1) is 0 Å². The zero-order chi connectivity index (χ0) is 15.8. The van der Waals surface area contributed by atoms with Crippen molar-refractivity contribution in [3.8, 4) is 0 Å². The number of sulfonamides is 1. The second-order valence-corrected chi connectivity index (χ2v) is 7.14. The molecular weight excluding hydrogens is 321 g/mol. The van der Waals surface area contributed by atoms with Gasteiger partial charge in [-0.05, 0) is 18.6 Å². The standard InChI is InChI=1S/C12H15ClFN3O3S/c1-16-3-2-4-17(7-11(16)18)21(19,20)10-6-8(15)5-9(13)12(10)14/h5-6H,2-4,7,15H2,1H3. The molecule has 0 atom stereocenters. The van der Waals surface area contributed by atoms with Crippen LogP contribution in [0.4, 0.5) is 10.1 Å². The smallest absolute Gasteiger partial charge is 0.246 e. The Morgan fingerprint density at radius 1 is 1.33 bits per heavy atom. The summed E-state index contributed by atoms with van der Waals surface area (Å²) in [6.07, 6.45) is 0.471. The highest BCUT2D eigenvalue weighted by molar-refractivity contribution is 7.89. The fourth-order valence-corrected chi connectivity index (χ4v) is 3.91. The van der Waals surface area contributed by atoms with Gasteiger partial charge in [0.05, 0.1) is 11.6 Å². The lowest BCUT2D eigenvalue weighted by Gasteiger charge is -2.20. The molecule has 0 bridgehead atoms. The van der Waals surface area contributed by atoms with Crippen LogP contribution in [0.25, 0.3) is 0 Å². The van der Waals surface area contributed by atoms with Crippen LogP contribution in [0.3, 0.4) is 0 Å². The predicted molar refractivity (Wildman–Crippen MR) is 76.8 cm³/mol. The van der Waals surface area contributed by atoms with Crippen molar-refractivity contribution in [2.75, 3.05) is 32.4 Å². The van der Waals surface area contributed by atoms with Crippen LogP contribution in [0.1, 0.15) is 6.42 Å². The van der Waals surface area contributed by atoms with Crippen LogP contribution in [0, 0.1) is 5.82 Å². The van der Waals surface area contributed by atoms with Crippen molar-refractivity contribution in [2.45, 2.75) is 11.3 Å². The number of nitrogens with two attached hydrogens (primary N) is 1. The summed E-state index contributed by atoms with van der Waals surface area (Å²) in [5.41, 5.74) is 5.57. The Labute approximate surface area is 127 Å². The van der Waals surface area contributed by atoms with E-state index in [-0.39, 0.29) is 29.7 Å². The molecule has 1 aliphatic heterocycles. The molecule has 21 heavy (non-hydrogen) atoms. The molecule has 1 fully saturated rings. The highest BCUT2D eigenvalue weighted by Crippen LogP contribution is 2.28. The number of carbonyl (C=O) groups excluding carboxylic acids is 1. The largest absolute Gasteiger partial charge is 0.399 e. The topological polar surface area (TPSA) is 83.7 Å². The Morgan fingerprint density at radius 3 is 2.67 bits per heavy atom. The van der Waals surface area contributed by atoms with E-state index >= 15 is 0 Å². The zero-order valence-corrected chi connectivity index (χ0v) is 12.9. The average molecular weight is 336 g/mol. The highest BCUT2D eigenvalue weighted by Gasteiger charge is 2.32. The first-order valence-electron chi connectivity index (χ1n) is 6.22. The first-order valence-corrected chi connectivity index (χ1v) is 8.04. The molecule has 1 amide bonds. The van der Waals surface area contributed by atoms with E-state index in [0.29, 0.717) is 13.0 Å². The Kier molecular flexibility index (Phi) is 4.40. The van der Waals surface area contributed by atoms with Gasteiger partial charge < -0.3 is 10.6 Å². The maximum absolute atomic E-state index is 14.0. The third-order valence-corrected chi connectivity index (χ3v) is 5.39. The van der Waals surface area contributed by atoms with Crippen LogP contribution >= 0.6 is 11.6 Å². The maximum Gasteiger partial charge on any atom is 0.246 e. The number of carbonyl (C=O) groups is 1. The summed E-state index contributed by atoms with van der Waals surface area (Å²) in [4.78, 5) is 12.6. The molecule has 1 aliphatic rings. The fraction of sp³-hybridized carbons (Fsp3) is 0.417. The predicted octanol–water partition coefficient (Wildman–Crippen LogP) is 0.914. The second-order valence-electron chi connectivity index (χ2n) is 4.82. The first kappa shape index (κ1) is 16.0. The lowest BCUT2D eigenvalue weighted by atomic mass is 10.3. The molecular formula is C12H15ClFN3O3S. The van der Waals surface area contributed by atoms with Gasteiger partial charge >= 0.3 is 0 Å². The summed E-state index contributed by atoms with van der Waals surface area (Å²) < 4.78 is 40.0. The Hall–Kier alpha value is -1.38. The number of hydrogen-bond donors (Lipinski definition) is 1. The summed E-state index contributed by atoms with van der Waals surface area (Å²) in [6, 6.07) is 2.15. The van der Waals surface area contributed by atoms with Crippen LogP contribution < -0.4 is 5.73 Å². The van der Waals surface area contributed by atoms with Crippen molar-refractivity contribution < 1.29 is 17.6 Å². The molecule has 1 aromatic carbocycles. The van der Waals surface area contributed by atoms with E-state index in [0.717, 1.165) is 16.4 Å². The maximum atomic E-state index is 14.0. The monoisotopic (exact) mass is 335 g/mol. The van der Waals surface area contributed by atoms with E-state index in [1.807, 2.05) is 0 Å². The van der Waals surface area contributed by atoms with Crippen LogP contribution in [-0.2, 0) is 14.8 Å². The minimum atomic E-state index is -4.17. The molecule has 0 spiro atoms. The van der Waals surface area contributed by atoms with Gasteiger partial charge in [-0.25, -0.2) is 12.8 Å². The van der Waals surface area contributed by atoms with Crippen LogP contribution in [0.15, 0.2) is 17.0 Å². The molecule has 1 heterocycles.